The van der Waals surface area contributed by atoms with E-state index in [9.17, 15) is 4.79 Å². The second-order valence-electron chi connectivity index (χ2n) is 7.65. The van der Waals surface area contributed by atoms with Crippen LogP contribution in [0.25, 0.3) is 5.70 Å². The molecule has 0 spiro atoms. The fourth-order valence-electron chi connectivity index (χ4n) is 4.35. The van der Waals surface area contributed by atoms with Crippen LogP contribution in [0.2, 0.25) is 5.02 Å². The van der Waals surface area contributed by atoms with Crippen LogP contribution in [0, 0.1) is 0 Å². The van der Waals surface area contributed by atoms with Crippen molar-refractivity contribution >= 4 is 40.6 Å². The number of methoxy groups -OCH3 is 1. The van der Waals surface area contributed by atoms with Crippen molar-refractivity contribution in [2.45, 2.75) is 12.1 Å². The highest BCUT2D eigenvalue weighted by atomic mass is 35.5. The van der Waals surface area contributed by atoms with Gasteiger partial charge < -0.3 is 14.8 Å². The predicted molar refractivity (Wildman–Crippen MR) is 126 cm³/mol. The van der Waals surface area contributed by atoms with Crippen LogP contribution in [0.1, 0.15) is 38.5 Å². The monoisotopic (exact) mass is 476 g/mol. The van der Waals surface area contributed by atoms with E-state index in [2.05, 4.69) is 21.5 Å². The molecule has 33 heavy (non-hydrogen) atoms. The average molecular weight is 477 g/mol. The fraction of sp³-hybridized carbons (Fsp3) is 0.125. The van der Waals surface area contributed by atoms with Gasteiger partial charge in [0.05, 0.1) is 18.4 Å². The smallest absolute Gasteiger partial charge is 0.337 e. The number of esters is 1. The van der Waals surface area contributed by atoms with Crippen molar-refractivity contribution in [2.24, 2.45) is 0 Å². The van der Waals surface area contributed by atoms with Crippen LogP contribution in [-0.2, 0) is 4.74 Å². The molecule has 6 rings (SSSR count). The Morgan fingerprint density at radius 3 is 2.82 bits per heavy atom. The fourth-order valence-corrected chi connectivity index (χ4v) is 5.35. The maximum Gasteiger partial charge on any atom is 0.337 e. The second kappa shape index (κ2) is 7.75. The van der Waals surface area contributed by atoms with Crippen LogP contribution in [0.3, 0.4) is 0 Å². The van der Waals surface area contributed by atoms with E-state index in [0.29, 0.717) is 22.3 Å². The molecule has 0 radical (unpaired) electrons. The number of rotatable bonds is 3. The number of anilines is 1. The first-order valence-corrected chi connectivity index (χ1v) is 11.5. The van der Waals surface area contributed by atoms with Gasteiger partial charge in [-0.1, -0.05) is 29.8 Å². The molecular weight excluding hydrogens is 460 g/mol. The summed E-state index contributed by atoms with van der Waals surface area (Å²) in [7, 11) is 1.37. The van der Waals surface area contributed by atoms with Gasteiger partial charge in [0.1, 0.15) is 24.2 Å². The lowest BCUT2D eigenvalue weighted by Crippen LogP contribution is -2.32. The highest BCUT2D eigenvalue weighted by Gasteiger charge is 2.41. The molecule has 9 heteroatoms. The van der Waals surface area contributed by atoms with Gasteiger partial charge in [-0.15, -0.1) is 11.3 Å². The number of thiophene rings is 1. The highest BCUT2D eigenvalue weighted by molar-refractivity contribution is 7.10. The van der Waals surface area contributed by atoms with E-state index < -0.39 is 6.10 Å². The minimum absolute atomic E-state index is 0.212. The van der Waals surface area contributed by atoms with Crippen molar-refractivity contribution in [3.8, 4) is 5.75 Å². The third-order valence-electron chi connectivity index (χ3n) is 5.82. The molecule has 2 aliphatic heterocycles. The Morgan fingerprint density at radius 2 is 2.06 bits per heavy atom. The molecule has 1 N–H and O–H groups in total. The van der Waals surface area contributed by atoms with Gasteiger partial charge in [-0.25, -0.2) is 9.48 Å². The molecule has 0 bridgehead atoms. The van der Waals surface area contributed by atoms with Crippen molar-refractivity contribution in [2.75, 3.05) is 12.4 Å². The lowest BCUT2D eigenvalue weighted by atomic mass is 9.86. The number of hydrogen-bond donors (Lipinski definition) is 1. The van der Waals surface area contributed by atoms with Crippen molar-refractivity contribution in [3.05, 3.63) is 98.5 Å². The summed E-state index contributed by atoms with van der Waals surface area (Å²) < 4.78 is 13.3. The summed E-state index contributed by atoms with van der Waals surface area (Å²) in [5.41, 5.74) is 4.16. The summed E-state index contributed by atoms with van der Waals surface area (Å²) in [5, 5.41) is 10.6. The molecule has 0 saturated carbocycles. The largest absolute Gasteiger partial charge is 0.480 e. The summed E-state index contributed by atoms with van der Waals surface area (Å²) >= 11 is 8.01. The van der Waals surface area contributed by atoms with Gasteiger partial charge in [0.15, 0.2) is 0 Å². The summed E-state index contributed by atoms with van der Waals surface area (Å²) in [6.07, 6.45) is 1.12. The average Bonchev–Trinajstić information content (AvgIpc) is 3.54. The quantitative estimate of drug-likeness (QED) is 0.402. The first kappa shape index (κ1) is 20.0. The molecule has 164 valence electrons. The zero-order chi connectivity index (χ0) is 22.5. The number of ether oxygens (including phenoxy) is 2. The van der Waals surface area contributed by atoms with Crippen molar-refractivity contribution in [1.29, 1.82) is 0 Å². The van der Waals surface area contributed by atoms with E-state index in [1.54, 1.807) is 29.8 Å². The van der Waals surface area contributed by atoms with Crippen LogP contribution in [0.15, 0.2) is 71.9 Å². The van der Waals surface area contributed by atoms with E-state index in [-0.39, 0.29) is 12.0 Å². The number of carbonyl (C=O) groups excluding carboxylic acids is 1. The van der Waals surface area contributed by atoms with E-state index in [1.165, 1.54) is 7.11 Å². The molecule has 0 amide bonds. The van der Waals surface area contributed by atoms with E-state index in [0.717, 1.165) is 27.3 Å². The normalized spacial score (nSPS) is 18.5. The molecule has 4 aromatic rings. The number of hydrogen-bond acceptors (Lipinski definition) is 7. The highest BCUT2D eigenvalue weighted by Crippen LogP contribution is 2.51. The topological polar surface area (TPSA) is 78.3 Å². The molecule has 0 fully saturated rings. The van der Waals surface area contributed by atoms with Gasteiger partial charge in [-0.3, -0.25) is 0 Å². The molecule has 2 atom stereocenters. The first-order chi connectivity index (χ1) is 16.1. The molecule has 0 saturated heterocycles. The Kier molecular flexibility index (Phi) is 4.70. The summed E-state index contributed by atoms with van der Waals surface area (Å²) in [4.78, 5) is 17.5. The van der Waals surface area contributed by atoms with Crippen LogP contribution >= 0.6 is 22.9 Å². The standard InChI is InChI=1S/C24H17ClN4O3S/c1-31-23(30)14-6-4-13(5-7-14)22-19-20(16-11-15(25)8-9-17(16)32-22)28-24-26-12-27-29(24)21(19)18-3-2-10-33-18/h2-12,21-22H,1H3,(H,26,27,28)/t21-,22+/m1/s1. The third-order valence-corrected chi connectivity index (χ3v) is 6.98. The van der Waals surface area contributed by atoms with Crippen molar-refractivity contribution in [1.82, 2.24) is 14.8 Å². The molecule has 2 aromatic carbocycles. The number of fused-ring (bicyclic) bond motifs is 3. The number of nitrogens with zero attached hydrogens (tertiary/aromatic N) is 3. The molecule has 0 aliphatic carbocycles. The maximum absolute atomic E-state index is 11.9. The van der Waals surface area contributed by atoms with Crippen LogP contribution in [-0.4, -0.2) is 27.8 Å². The Morgan fingerprint density at radius 1 is 1.21 bits per heavy atom. The molecule has 7 nitrogen and oxygen atoms in total. The van der Waals surface area contributed by atoms with Crippen LogP contribution in [0.5, 0.6) is 5.75 Å². The zero-order valence-electron chi connectivity index (χ0n) is 17.4. The maximum atomic E-state index is 11.9. The number of halogens is 1. The van der Waals surface area contributed by atoms with Crippen LogP contribution < -0.4 is 10.1 Å². The molecular formula is C24H17ClN4O3S. The molecule has 4 heterocycles. The first-order valence-electron chi connectivity index (χ1n) is 10.2. The Balaban J connectivity index is 1.57. The summed E-state index contributed by atoms with van der Waals surface area (Å²) in [5.74, 6) is 0.986. The van der Waals surface area contributed by atoms with Gasteiger partial charge in [0.25, 0.3) is 0 Å². The van der Waals surface area contributed by atoms with E-state index in [4.69, 9.17) is 21.1 Å². The van der Waals surface area contributed by atoms with Crippen LogP contribution in [0.4, 0.5) is 5.95 Å². The SMILES string of the molecule is COC(=O)c1ccc([C@@H]2Oc3ccc(Cl)cc3C3=C2[C@@H](c2cccs2)n2ncnc2N3)cc1. The minimum atomic E-state index is -0.419. The lowest BCUT2D eigenvalue weighted by Gasteiger charge is -2.38. The predicted octanol–water partition coefficient (Wildman–Crippen LogP) is 5.34. The van der Waals surface area contributed by atoms with Crippen molar-refractivity contribution in [3.63, 3.8) is 0 Å². The van der Waals surface area contributed by atoms with Gasteiger partial charge >= 0.3 is 5.97 Å². The number of aromatic nitrogens is 3. The van der Waals surface area contributed by atoms with Gasteiger partial charge in [-0.2, -0.15) is 10.1 Å². The zero-order valence-corrected chi connectivity index (χ0v) is 18.9. The second-order valence-corrected chi connectivity index (χ2v) is 9.07. The van der Waals surface area contributed by atoms with Gasteiger partial charge in [-0.05, 0) is 47.3 Å². The number of benzene rings is 2. The Hall–Kier alpha value is -3.62. The minimum Gasteiger partial charge on any atom is -0.480 e. The van der Waals surface area contributed by atoms with E-state index in [1.807, 2.05) is 46.5 Å². The number of carbonyl (C=O) groups is 1. The Labute approximate surface area is 198 Å². The molecule has 2 aliphatic rings. The van der Waals surface area contributed by atoms with Crippen molar-refractivity contribution < 1.29 is 14.3 Å². The number of nitrogens with one attached hydrogen (secondary N) is 1. The molecule has 2 aromatic heterocycles. The Bertz CT molecular complexity index is 1400. The lowest BCUT2D eigenvalue weighted by molar-refractivity contribution is 0.0600. The molecule has 0 unspecified atom stereocenters. The van der Waals surface area contributed by atoms with Gasteiger partial charge in [0, 0.05) is 21.0 Å². The van der Waals surface area contributed by atoms with E-state index >= 15 is 0 Å². The summed E-state index contributed by atoms with van der Waals surface area (Å²) in [6.45, 7) is 0. The summed E-state index contributed by atoms with van der Waals surface area (Å²) in [6, 6.07) is 16.8. The third kappa shape index (κ3) is 3.21. The van der Waals surface area contributed by atoms with Gasteiger partial charge in [0.2, 0.25) is 5.95 Å².